The summed E-state index contributed by atoms with van der Waals surface area (Å²) < 4.78 is 1.96. The Morgan fingerprint density at radius 2 is 1.40 bits per heavy atom. The lowest BCUT2D eigenvalue weighted by Gasteiger charge is -2.03. The molecule has 0 aliphatic rings. The highest BCUT2D eigenvalue weighted by atomic mass is 16.1. The predicted molar refractivity (Wildman–Crippen MR) is 104 cm³/mol. The number of hydrogen-bond acceptors (Lipinski definition) is 1. The minimum absolute atomic E-state index is 0.154. The van der Waals surface area contributed by atoms with Gasteiger partial charge in [0.25, 0.3) is 0 Å². The molecule has 0 saturated carbocycles. The molecule has 2 nitrogen and oxygen atoms in total. The zero-order valence-corrected chi connectivity index (χ0v) is 15.6. The van der Waals surface area contributed by atoms with Crippen molar-refractivity contribution in [3.63, 3.8) is 0 Å². The van der Waals surface area contributed by atoms with E-state index in [4.69, 9.17) is 0 Å². The summed E-state index contributed by atoms with van der Waals surface area (Å²) >= 11 is 0. The number of aromatic nitrogens is 1. The second kappa shape index (κ2) is 11.6. The van der Waals surface area contributed by atoms with Crippen LogP contribution in [0.2, 0.25) is 0 Å². The van der Waals surface area contributed by atoms with Gasteiger partial charge >= 0.3 is 0 Å². The molecule has 2 rings (SSSR count). The van der Waals surface area contributed by atoms with Crippen LogP contribution in [0.1, 0.15) is 74.2 Å². The average Bonchev–Trinajstić information content (AvgIpc) is 2.66. The summed E-state index contributed by atoms with van der Waals surface area (Å²) in [6.07, 6.45) is 16.0. The molecule has 25 heavy (non-hydrogen) atoms. The van der Waals surface area contributed by atoms with E-state index in [9.17, 15) is 4.79 Å². The van der Waals surface area contributed by atoms with Crippen molar-refractivity contribution in [1.29, 1.82) is 0 Å². The van der Waals surface area contributed by atoms with Crippen molar-refractivity contribution in [3.8, 4) is 0 Å². The van der Waals surface area contributed by atoms with Crippen LogP contribution in [0.4, 0.5) is 0 Å². The molecule has 134 valence electrons. The highest BCUT2D eigenvalue weighted by molar-refractivity contribution is 5.94. The smallest absolute Gasteiger partial charge is 0.227 e. The number of rotatable bonds is 12. The van der Waals surface area contributed by atoms with Gasteiger partial charge in [-0.25, -0.2) is 0 Å². The fourth-order valence-corrected chi connectivity index (χ4v) is 3.10. The van der Waals surface area contributed by atoms with Crippen molar-refractivity contribution in [2.45, 2.75) is 71.3 Å². The molecule has 0 saturated heterocycles. The van der Waals surface area contributed by atoms with E-state index in [-0.39, 0.29) is 5.78 Å². The summed E-state index contributed by atoms with van der Waals surface area (Å²) in [5.74, 6) is 0.154. The van der Waals surface area contributed by atoms with E-state index in [0.29, 0.717) is 6.54 Å². The minimum Gasteiger partial charge on any atom is -0.287 e. The molecule has 1 aromatic heterocycles. The Kier molecular flexibility index (Phi) is 8.96. The number of carbonyl (C=O) groups excluding carboxylic acids is 1. The first kappa shape index (κ1) is 19.4. The summed E-state index contributed by atoms with van der Waals surface area (Å²) in [5, 5.41) is 0. The topological polar surface area (TPSA) is 20.9 Å². The van der Waals surface area contributed by atoms with Crippen LogP contribution >= 0.6 is 0 Å². The molecule has 0 radical (unpaired) electrons. The van der Waals surface area contributed by atoms with Crippen LogP contribution in [0.25, 0.3) is 0 Å². The van der Waals surface area contributed by atoms with Gasteiger partial charge in [0.2, 0.25) is 12.3 Å². The zero-order valence-electron chi connectivity index (χ0n) is 15.6. The summed E-state index contributed by atoms with van der Waals surface area (Å²) in [7, 11) is 0. The quantitative estimate of drug-likeness (QED) is 0.283. The molecule has 1 heterocycles. The first-order valence-corrected chi connectivity index (χ1v) is 9.86. The van der Waals surface area contributed by atoms with Crippen molar-refractivity contribution in [2.75, 3.05) is 0 Å². The number of pyridine rings is 1. The maximum Gasteiger partial charge on any atom is 0.227 e. The highest BCUT2D eigenvalue weighted by Gasteiger charge is 2.11. The molecule has 0 aliphatic heterocycles. The van der Waals surface area contributed by atoms with Gasteiger partial charge in [-0.05, 0) is 18.4 Å². The van der Waals surface area contributed by atoms with Gasteiger partial charge in [0.15, 0.2) is 12.4 Å². The molecule has 0 atom stereocenters. The zero-order chi connectivity index (χ0) is 17.7. The van der Waals surface area contributed by atoms with Crippen LogP contribution in [0.3, 0.4) is 0 Å². The lowest BCUT2D eigenvalue weighted by Crippen LogP contribution is -2.37. The lowest BCUT2D eigenvalue weighted by molar-refractivity contribution is -0.683. The predicted octanol–water partition coefficient (Wildman–Crippen LogP) is 5.54. The Bertz CT molecular complexity index is 604. The average molecular weight is 339 g/mol. The molecule has 0 N–H and O–H groups in total. The summed E-state index contributed by atoms with van der Waals surface area (Å²) in [6.45, 7) is 2.67. The molecule has 2 aromatic rings. The fourth-order valence-electron chi connectivity index (χ4n) is 3.10. The van der Waals surface area contributed by atoms with Gasteiger partial charge in [-0.2, -0.15) is 4.57 Å². The number of benzene rings is 1. The summed E-state index contributed by atoms with van der Waals surface area (Å²) in [6, 6.07) is 13.8. The van der Waals surface area contributed by atoms with Crippen molar-refractivity contribution >= 4 is 5.78 Å². The molecule has 2 heteroatoms. The molecule has 0 unspecified atom stereocenters. The van der Waals surface area contributed by atoms with Gasteiger partial charge in [0.1, 0.15) is 0 Å². The molecule has 0 amide bonds. The number of hydrogen-bond donors (Lipinski definition) is 0. The molecule has 0 bridgehead atoms. The fraction of sp³-hybridized carbons (Fsp3) is 0.478. The minimum atomic E-state index is 0.154. The second-order valence-corrected chi connectivity index (χ2v) is 6.89. The van der Waals surface area contributed by atoms with Gasteiger partial charge < -0.3 is 0 Å². The van der Waals surface area contributed by atoms with Crippen molar-refractivity contribution in [3.05, 3.63) is 66.0 Å². The lowest BCUT2D eigenvalue weighted by atomic mass is 10.0. The van der Waals surface area contributed by atoms with Gasteiger partial charge in [-0.3, -0.25) is 4.79 Å². The van der Waals surface area contributed by atoms with E-state index in [2.05, 4.69) is 19.1 Å². The maximum absolute atomic E-state index is 12.2. The molecule has 0 spiro atoms. The van der Waals surface area contributed by atoms with Crippen molar-refractivity contribution in [2.24, 2.45) is 0 Å². The molecule has 0 aliphatic carbocycles. The van der Waals surface area contributed by atoms with E-state index in [1.165, 1.54) is 56.9 Å². The first-order valence-electron chi connectivity index (χ1n) is 9.86. The van der Waals surface area contributed by atoms with Crippen LogP contribution in [-0.4, -0.2) is 5.78 Å². The van der Waals surface area contributed by atoms with E-state index >= 15 is 0 Å². The summed E-state index contributed by atoms with van der Waals surface area (Å²) in [5.41, 5.74) is 2.15. The van der Waals surface area contributed by atoms with E-state index in [1.807, 2.05) is 47.3 Å². The number of carbonyl (C=O) groups is 1. The highest BCUT2D eigenvalue weighted by Crippen LogP contribution is 2.10. The Labute approximate surface area is 152 Å². The number of aryl methyl sites for hydroxylation is 1. The largest absolute Gasteiger partial charge is 0.287 e. The molecular formula is C23H32NO+. The van der Waals surface area contributed by atoms with Crippen LogP contribution in [0.5, 0.6) is 0 Å². The summed E-state index contributed by atoms with van der Waals surface area (Å²) in [4.78, 5) is 12.2. The van der Waals surface area contributed by atoms with Crippen LogP contribution in [0, 0.1) is 0 Å². The number of ketones is 1. The molecule has 1 aromatic carbocycles. The maximum atomic E-state index is 12.2. The van der Waals surface area contributed by atoms with Crippen LogP contribution in [-0.2, 0) is 13.0 Å². The van der Waals surface area contributed by atoms with Gasteiger partial charge in [0, 0.05) is 17.7 Å². The Morgan fingerprint density at radius 3 is 2.04 bits per heavy atom. The second-order valence-electron chi connectivity index (χ2n) is 6.89. The third kappa shape index (κ3) is 7.64. The number of nitrogens with zero attached hydrogens (tertiary/aromatic N) is 1. The third-order valence-corrected chi connectivity index (χ3v) is 4.70. The van der Waals surface area contributed by atoms with Gasteiger partial charge in [-0.1, -0.05) is 82.2 Å². The Morgan fingerprint density at radius 1 is 0.800 bits per heavy atom. The van der Waals surface area contributed by atoms with Gasteiger partial charge in [-0.15, -0.1) is 0 Å². The number of Topliss-reactive ketones (excluding diaryl/α,β-unsaturated/α-hetero) is 1. The Balaban J connectivity index is 1.65. The SMILES string of the molecule is CCCCCCCCCCc1cc[n+](CC(=O)c2ccccc2)cc1. The molecular weight excluding hydrogens is 306 g/mol. The van der Waals surface area contributed by atoms with Crippen LogP contribution in [0.15, 0.2) is 54.9 Å². The number of unbranched alkanes of at least 4 members (excludes halogenated alkanes) is 7. The molecule has 0 fully saturated rings. The van der Waals surface area contributed by atoms with Crippen molar-refractivity contribution < 1.29 is 9.36 Å². The van der Waals surface area contributed by atoms with Crippen LogP contribution < -0.4 is 4.57 Å². The van der Waals surface area contributed by atoms with Crippen molar-refractivity contribution in [1.82, 2.24) is 0 Å². The Hall–Kier alpha value is -1.96. The standard InChI is InChI=1S/C23H32NO/c1-2-3-4-5-6-7-8-10-13-21-16-18-24(19-17-21)20-23(25)22-14-11-9-12-15-22/h9,11-12,14-19H,2-8,10,13,20H2,1H3/q+1. The van der Waals surface area contributed by atoms with E-state index in [0.717, 1.165) is 12.0 Å². The van der Waals surface area contributed by atoms with Gasteiger partial charge in [0.05, 0.1) is 0 Å². The normalized spacial score (nSPS) is 10.8. The van der Waals surface area contributed by atoms with E-state index in [1.54, 1.807) is 0 Å². The monoisotopic (exact) mass is 338 g/mol. The third-order valence-electron chi connectivity index (χ3n) is 4.70. The van der Waals surface area contributed by atoms with E-state index < -0.39 is 0 Å². The first-order chi connectivity index (χ1) is 12.3.